The molecule has 0 saturated carbocycles. The lowest BCUT2D eigenvalue weighted by Gasteiger charge is -2.17. The van der Waals surface area contributed by atoms with Gasteiger partial charge < -0.3 is 14.4 Å². The van der Waals surface area contributed by atoms with Crippen LogP contribution in [-0.2, 0) is 0 Å². The Kier molecular flexibility index (Phi) is 5.94. The van der Waals surface area contributed by atoms with Crippen LogP contribution < -0.4 is 9.47 Å². The third-order valence-corrected chi connectivity index (χ3v) is 3.75. The van der Waals surface area contributed by atoms with Crippen LogP contribution in [0.15, 0.2) is 42.5 Å². The first-order chi connectivity index (χ1) is 11.9. The van der Waals surface area contributed by atoms with Crippen molar-refractivity contribution >= 4 is 11.6 Å². The van der Waals surface area contributed by atoms with Crippen LogP contribution in [0.25, 0.3) is 0 Å². The highest BCUT2D eigenvalue weighted by molar-refractivity contribution is 5.94. The van der Waals surface area contributed by atoms with Gasteiger partial charge in [-0.05, 0) is 37.3 Å². The predicted molar refractivity (Wildman–Crippen MR) is 93.3 cm³/mol. The molecular formula is C18H20N2O5. The van der Waals surface area contributed by atoms with E-state index in [1.165, 1.54) is 11.0 Å². The fraction of sp³-hybridized carbons (Fsp3) is 0.278. The Morgan fingerprint density at radius 3 is 2.40 bits per heavy atom. The van der Waals surface area contributed by atoms with Gasteiger partial charge in [-0.15, -0.1) is 0 Å². The summed E-state index contributed by atoms with van der Waals surface area (Å²) in [5.41, 5.74) is 0.741. The Labute approximate surface area is 145 Å². The van der Waals surface area contributed by atoms with Gasteiger partial charge in [0, 0.05) is 24.2 Å². The van der Waals surface area contributed by atoms with Crippen molar-refractivity contribution in [2.45, 2.75) is 6.92 Å². The summed E-state index contributed by atoms with van der Waals surface area (Å²) in [6.07, 6.45) is 0. The molecule has 0 saturated heterocycles. The van der Waals surface area contributed by atoms with Crippen LogP contribution in [0.1, 0.15) is 15.9 Å². The maximum Gasteiger partial charge on any atom is 0.273 e. The van der Waals surface area contributed by atoms with Crippen LogP contribution in [0.4, 0.5) is 5.69 Å². The summed E-state index contributed by atoms with van der Waals surface area (Å²) in [6.45, 7) is 2.30. The van der Waals surface area contributed by atoms with E-state index in [4.69, 9.17) is 9.47 Å². The zero-order chi connectivity index (χ0) is 18.4. The minimum atomic E-state index is -0.487. The minimum absolute atomic E-state index is 0.0614. The first-order valence-corrected chi connectivity index (χ1v) is 7.69. The number of aryl methyl sites for hydroxylation is 1. The summed E-state index contributed by atoms with van der Waals surface area (Å²) in [5, 5.41) is 11.0. The highest BCUT2D eigenvalue weighted by Crippen LogP contribution is 2.20. The average Bonchev–Trinajstić information content (AvgIpc) is 2.61. The van der Waals surface area contributed by atoms with Crippen LogP contribution in [0.3, 0.4) is 0 Å². The van der Waals surface area contributed by atoms with E-state index in [0.29, 0.717) is 24.5 Å². The minimum Gasteiger partial charge on any atom is -0.497 e. The number of rotatable bonds is 7. The first kappa shape index (κ1) is 18.3. The van der Waals surface area contributed by atoms with Gasteiger partial charge >= 0.3 is 0 Å². The molecule has 0 radical (unpaired) electrons. The molecule has 0 aliphatic heterocycles. The van der Waals surface area contributed by atoms with Crippen molar-refractivity contribution in [1.82, 2.24) is 4.90 Å². The SMILES string of the molecule is COc1ccc(OCCN(C)C(=O)c2ccc(C)c([N+](=O)[O-])c2)cc1. The number of benzene rings is 2. The van der Waals surface area contributed by atoms with E-state index in [9.17, 15) is 14.9 Å². The van der Waals surface area contributed by atoms with Crippen LogP contribution in [0, 0.1) is 17.0 Å². The van der Waals surface area contributed by atoms with E-state index in [-0.39, 0.29) is 17.2 Å². The molecule has 7 heteroatoms. The molecule has 0 aromatic heterocycles. The maximum atomic E-state index is 12.4. The number of nitro groups is 1. The summed E-state index contributed by atoms with van der Waals surface area (Å²) in [5.74, 6) is 1.12. The van der Waals surface area contributed by atoms with Gasteiger partial charge in [-0.2, -0.15) is 0 Å². The van der Waals surface area contributed by atoms with Crippen molar-refractivity contribution in [2.75, 3.05) is 27.3 Å². The summed E-state index contributed by atoms with van der Waals surface area (Å²) < 4.78 is 10.7. The van der Waals surface area contributed by atoms with E-state index >= 15 is 0 Å². The molecular weight excluding hydrogens is 324 g/mol. The molecule has 0 bridgehead atoms. The van der Waals surface area contributed by atoms with E-state index in [0.717, 1.165) is 5.75 Å². The van der Waals surface area contributed by atoms with Crippen molar-refractivity contribution in [3.05, 3.63) is 63.7 Å². The topological polar surface area (TPSA) is 81.9 Å². The molecule has 0 N–H and O–H groups in total. The highest BCUT2D eigenvalue weighted by atomic mass is 16.6. The van der Waals surface area contributed by atoms with E-state index in [1.807, 2.05) is 0 Å². The molecule has 7 nitrogen and oxygen atoms in total. The lowest BCUT2D eigenvalue weighted by molar-refractivity contribution is -0.385. The highest BCUT2D eigenvalue weighted by Gasteiger charge is 2.17. The number of carbonyl (C=O) groups excluding carboxylic acids is 1. The van der Waals surface area contributed by atoms with Crippen molar-refractivity contribution in [3.63, 3.8) is 0 Å². The third-order valence-electron chi connectivity index (χ3n) is 3.75. The van der Waals surface area contributed by atoms with Gasteiger partial charge in [-0.1, -0.05) is 6.07 Å². The van der Waals surface area contributed by atoms with Crippen molar-refractivity contribution in [3.8, 4) is 11.5 Å². The van der Waals surface area contributed by atoms with Crippen molar-refractivity contribution < 1.29 is 19.2 Å². The molecule has 0 spiro atoms. The number of hydrogen-bond acceptors (Lipinski definition) is 5. The van der Waals surface area contributed by atoms with Crippen LogP contribution in [-0.4, -0.2) is 43.0 Å². The second-order valence-electron chi connectivity index (χ2n) is 5.51. The second-order valence-corrected chi connectivity index (χ2v) is 5.51. The summed E-state index contributed by atoms with van der Waals surface area (Å²) in [7, 11) is 3.22. The number of nitrogens with zero attached hydrogens (tertiary/aromatic N) is 2. The molecule has 2 aromatic rings. The summed E-state index contributed by atoms with van der Waals surface area (Å²) >= 11 is 0. The Hall–Kier alpha value is -3.09. The Morgan fingerprint density at radius 1 is 1.16 bits per heavy atom. The molecule has 132 valence electrons. The van der Waals surface area contributed by atoms with Gasteiger partial charge in [0.15, 0.2) is 0 Å². The first-order valence-electron chi connectivity index (χ1n) is 7.69. The average molecular weight is 344 g/mol. The molecule has 0 unspecified atom stereocenters. The smallest absolute Gasteiger partial charge is 0.273 e. The number of carbonyl (C=O) groups is 1. The zero-order valence-electron chi connectivity index (χ0n) is 14.4. The molecule has 0 aliphatic rings. The Morgan fingerprint density at radius 2 is 1.80 bits per heavy atom. The van der Waals surface area contributed by atoms with Crippen molar-refractivity contribution in [1.29, 1.82) is 0 Å². The molecule has 0 heterocycles. The Bertz CT molecular complexity index is 759. The number of likely N-dealkylation sites (N-methyl/N-ethyl adjacent to an activating group) is 1. The van der Waals surface area contributed by atoms with Gasteiger partial charge in [-0.3, -0.25) is 14.9 Å². The lowest BCUT2D eigenvalue weighted by atomic mass is 10.1. The summed E-state index contributed by atoms with van der Waals surface area (Å²) in [4.78, 5) is 24.4. The predicted octanol–water partition coefficient (Wildman–Crippen LogP) is 3.06. The largest absolute Gasteiger partial charge is 0.497 e. The van der Waals surface area contributed by atoms with Gasteiger partial charge in [-0.25, -0.2) is 0 Å². The molecule has 1 amide bonds. The zero-order valence-corrected chi connectivity index (χ0v) is 14.4. The Balaban J connectivity index is 1.93. The molecule has 0 aliphatic carbocycles. The van der Waals surface area contributed by atoms with E-state index < -0.39 is 4.92 Å². The van der Waals surface area contributed by atoms with Crippen LogP contribution in [0.5, 0.6) is 11.5 Å². The monoisotopic (exact) mass is 344 g/mol. The van der Waals surface area contributed by atoms with Gasteiger partial charge in [0.2, 0.25) is 0 Å². The maximum absolute atomic E-state index is 12.4. The normalized spacial score (nSPS) is 10.2. The van der Waals surface area contributed by atoms with Gasteiger partial charge in [0.1, 0.15) is 18.1 Å². The molecule has 2 rings (SSSR count). The fourth-order valence-corrected chi connectivity index (χ4v) is 2.23. The summed E-state index contributed by atoms with van der Waals surface area (Å²) in [6, 6.07) is 11.6. The third kappa shape index (κ3) is 4.69. The number of amides is 1. The number of nitro benzene ring substituents is 1. The lowest BCUT2D eigenvalue weighted by Crippen LogP contribution is -2.30. The molecule has 25 heavy (non-hydrogen) atoms. The van der Waals surface area contributed by atoms with Crippen molar-refractivity contribution in [2.24, 2.45) is 0 Å². The van der Waals surface area contributed by atoms with Gasteiger partial charge in [0.25, 0.3) is 11.6 Å². The number of hydrogen-bond donors (Lipinski definition) is 0. The standard InChI is InChI=1S/C18H20N2O5/c1-13-4-5-14(12-17(13)20(22)23)18(21)19(2)10-11-25-16-8-6-15(24-3)7-9-16/h4-9,12H,10-11H2,1-3H3. The second kappa shape index (κ2) is 8.14. The quantitative estimate of drug-likeness (QED) is 0.569. The molecule has 0 atom stereocenters. The van der Waals surface area contributed by atoms with E-state index in [2.05, 4.69) is 0 Å². The van der Waals surface area contributed by atoms with Crippen LogP contribution >= 0.6 is 0 Å². The number of ether oxygens (including phenoxy) is 2. The fourth-order valence-electron chi connectivity index (χ4n) is 2.23. The molecule has 0 fully saturated rings. The number of methoxy groups -OCH3 is 1. The molecule has 2 aromatic carbocycles. The van der Waals surface area contributed by atoms with Gasteiger partial charge in [0.05, 0.1) is 18.6 Å². The van der Waals surface area contributed by atoms with Crippen LogP contribution in [0.2, 0.25) is 0 Å². The van der Waals surface area contributed by atoms with E-state index in [1.54, 1.807) is 57.5 Å².